The topological polar surface area (TPSA) is 96.0 Å². The molecule has 2 aliphatic rings. The van der Waals surface area contributed by atoms with Gasteiger partial charge in [-0.25, -0.2) is 0 Å². The fourth-order valence-corrected chi connectivity index (χ4v) is 5.41. The van der Waals surface area contributed by atoms with Gasteiger partial charge in [-0.3, -0.25) is 0 Å². The Morgan fingerprint density at radius 2 is 1.77 bits per heavy atom. The SMILES string of the molecule is CCCOc1ccc(Nc2nc(NC3CCCCCC3)nc(NC(CC)C3CCCN3)n2)cc1Br. The van der Waals surface area contributed by atoms with Crippen LogP contribution >= 0.6 is 15.9 Å². The van der Waals surface area contributed by atoms with Gasteiger partial charge in [0.25, 0.3) is 0 Å². The molecule has 0 bridgehead atoms. The minimum Gasteiger partial charge on any atom is -0.492 e. The predicted octanol–water partition coefficient (Wildman–Crippen LogP) is 6.24. The van der Waals surface area contributed by atoms with E-state index in [0.717, 1.165) is 48.1 Å². The summed E-state index contributed by atoms with van der Waals surface area (Å²) >= 11 is 3.62. The van der Waals surface area contributed by atoms with E-state index in [4.69, 9.17) is 19.7 Å². The molecule has 35 heavy (non-hydrogen) atoms. The summed E-state index contributed by atoms with van der Waals surface area (Å²) < 4.78 is 6.69. The summed E-state index contributed by atoms with van der Waals surface area (Å²) in [6.45, 7) is 6.08. The van der Waals surface area contributed by atoms with Crippen molar-refractivity contribution in [3.05, 3.63) is 22.7 Å². The van der Waals surface area contributed by atoms with Crippen LogP contribution in [0.4, 0.5) is 23.5 Å². The van der Waals surface area contributed by atoms with Crippen LogP contribution in [-0.4, -0.2) is 46.2 Å². The van der Waals surface area contributed by atoms with Gasteiger partial charge in [0, 0.05) is 23.8 Å². The molecule has 2 unspecified atom stereocenters. The summed E-state index contributed by atoms with van der Waals surface area (Å²) in [5.74, 6) is 2.61. The van der Waals surface area contributed by atoms with Crippen molar-refractivity contribution < 1.29 is 4.74 Å². The molecule has 2 atom stereocenters. The number of anilines is 4. The molecule has 2 heterocycles. The van der Waals surface area contributed by atoms with Crippen LogP contribution in [0.15, 0.2) is 22.7 Å². The predicted molar refractivity (Wildman–Crippen MR) is 147 cm³/mol. The lowest BCUT2D eigenvalue weighted by atomic mass is 10.0. The molecule has 2 aromatic rings. The van der Waals surface area contributed by atoms with Crippen molar-refractivity contribution in [3.63, 3.8) is 0 Å². The first kappa shape index (κ1) is 25.9. The summed E-state index contributed by atoms with van der Waals surface area (Å²) in [4.78, 5) is 14.3. The van der Waals surface area contributed by atoms with E-state index in [-0.39, 0.29) is 6.04 Å². The maximum Gasteiger partial charge on any atom is 0.233 e. The molecule has 8 nitrogen and oxygen atoms in total. The summed E-state index contributed by atoms with van der Waals surface area (Å²) in [5.41, 5.74) is 0.891. The first-order valence-corrected chi connectivity index (χ1v) is 14.2. The van der Waals surface area contributed by atoms with Gasteiger partial charge in [0.1, 0.15) is 5.75 Å². The molecule has 0 spiro atoms. The Balaban J connectivity index is 1.54. The second kappa shape index (κ2) is 13.3. The summed E-state index contributed by atoms with van der Waals surface area (Å²) in [6, 6.07) is 7.08. The zero-order valence-electron chi connectivity index (χ0n) is 21.1. The number of nitrogens with one attached hydrogen (secondary N) is 4. The minimum absolute atomic E-state index is 0.280. The summed E-state index contributed by atoms with van der Waals surface area (Å²) in [6.07, 6.45) is 11.8. The molecule has 4 N–H and O–H groups in total. The van der Waals surface area contributed by atoms with Gasteiger partial charge >= 0.3 is 0 Å². The average molecular weight is 547 g/mol. The standard InChI is InChI=1S/C26H40BrN7O/c1-3-16-35-23-14-13-19(17-20(23)27)30-25-32-24(29-18-10-7-5-6-8-11-18)33-26(34-25)31-21(4-2)22-12-9-15-28-22/h13-14,17-18,21-22,28H,3-12,15-16H2,1-2H3,(H3,29,30,31,32,33,34). The molecular formula is C26H40BrN7O. The molecule has 4 rings (SSSR count). The zero-order valence-corrected chi connectivity index (χ0v) is 22.7. The monoisotopic (exact) mass is 545 g/mol. The van der Waals surface area contributed by atoms with Gasteiger partial charge in [-0.1, -0.05) is 39.5 Å². The molecule has 9 heteroatoms. The number of halogens is 1. The number of hydrogen-bond acceptors (Lipinski definition) is 8. The van der Waals surface area contributed by atoms with Crippen LogP contribution in [0.3, 0.4) is 0 Å². The first-order chi connectivity index (χ1) is 17.1. The van der Waals surface area contributed by atoms with Crippen molar-refractivity contribution in [1.29, 1.82) is 0 Å². The van der Waals surface area contributed by atoms with E-state index < -0.39 is 0 Å². The van der Waals surface area contributed by atoms with Gasteiger partial charge in [-0.05, 0) is 79.2 Å². The molecule has 2 fully saturated rings. The van der Waals surface area contributed by atoms with Crippen molar-refractivity contribution in [1.82, 2.24) is 20.3 Å². The molecule has 1 saturated carbocycles. The fourth-order valence-electron chi connectivity index (χ4n) is 4.91. The Kier molecular flexibility index (Phi) is 9.83. The van der Waals surface area contributed by atoms with Crippen LogP contribution in [0.5, 0.6) is 5.75 Å². The van der Waals surface area contributed by atoms with Crippen LogP contribution < -0.4 is 26.0 Å². The highest BCUT2D eigenvalue weighted by molar-refractivity contribution is 9.10. The lowest BCUT2D eigenvalue weighted by molar-refractivity contribution is 0.315. The van der Waals surface area contributed by atoms with Crippen molar-refractivity contribution in [2.24, 2.45) is 0 Å². The van der Waals surface area contributed by atoms with Gasteiger partial charge in [0.15, 0.2) is 0 Å². The summed E-state index contributed by atoms with van der Waals surface area (Å²) in [5, 5.41) is 14.2. The molecule has 0 radical (unpaired) electrons. The van der Waals surface area contributed by atoms with E-state index >= 15 is 0 Å². The third kappa shape index (κ3) is 7.67. The molecule has 1 saturated heterocycles. The number of nitrogens with zero attached hydrogens (tertiary/aromatic N) is 3. The van der Waals surface area contributed by atoms with Crippen LogP contribution in [0.25, 0.3) is 0 Å². The Labute approximate surface area is 218 Å². The fraction of sp³-hybridized carbons (Fsp3) is 0.654. The number of aromatic nitrogens is 3. The quantitative estimate of drug-likeness (QED) is 0.246. The van der Waals surface area contributed by atoms with E-state index in [1.165, 1.54) is 38.5 Å². The van der Waals surface area contributed by atoms with E-state index in [1.807, 2.05) is 18.2 Å². The van der Waals surface area contributed by atoms with Gasteiger partial charge < -0.3 is 26.0 Å². The van der Waals surface area contributed by atoms with Crippen molar-refractivity contribution in [2.75, 3.05) is 29.1 Å². The third-order valence-electron chi connectivity index (χ3n) is 6.81. The Morgan fingerprint density at radius 3 is 2.46 bits per heavy atom. The molecule has 1 aromatic heterocycles. The van der Waals surface area contributed by atoms with Gasteiger partial charge in [0.2, 0.25) is 17.8 Å². The average Bonchev–Trinajstić information content (AvgIpc) is 3.27. The maximum atomic E-state index is 5.79. The lowest BCUT2D eigenvalue weighted by Gasteiger charge is -2.24. The Hall–Kier alpha value is -2.13. The lowest BCUT2D eigenvalue weighted by Crippen LogP contribution is -2.40. The molecule has 192 valence electrons. The number of rotatable bonds is 11. The van der Waals surface area contributed by atoms with Crippen LogP contribution in [0, 0.1) is 0 Å². The zero-order chi connectivity index (χ0) is 24.5. The molecule has 1 aliphatic carbocycles. The number of ether oxygens (including phenoxy) is 1. The third-order valence-corrected chi connectivity index (χ3v) is 7.43. The first-order valence-electron chi connectivity index (χ1n) is 13.4. The minimum atomic E-state index is 0.280. The Morgan fingerprint density at radius 1 is 1.00 bits per heavy atom. The highest BCUT2D eigenvalue weighted by Gasteiger charge is 2.24. The van der Waals surface area contributed by atoms with Crippen LogP contribution in [-0.2, 0) is 0 Å². The van der Waals surface area contributed by atoms with E-state index in [1.54, 1.807) is 0 Å². The molecule has 1 aromatic carbocycles. The molecular weight excluding hydrogens is 506 g/mol. The Bertz CT molecular complexity index is 930. The van der Waals surface area contributed by atoms with E-state index in [2.05, 4.69) is 51.0 Å². The highest BCUT2D eigenvalue weighted by atomic mass is 79.9. The molecule has 0 amide bonds. The van der Waals surface area contributed by atoms with Gasteiger partial charge in [-0.15, -0.1) is 0 Å². The van der Waals surface area contributed by atoms with Crippen molar-refractivity contribution >= 4 is 39.5 Å². The normalized spacial score (nSPS) is 19.7. The van der Waals surface area contributed by atoms with Crippen LogP contribution in [0.1, 0.15) is 78.1 Å². The maximum absolute atomic E-state index is 5.79. The van der Waals surface area contributed by atoms with E-state index in [0.29, 0.717) is 36.5 Å². The highest BCUT2D eigenvalue weighted by Crippen LogP contribution is 2.30. The van der Waals surface area contributed by atoms with Crippen LogP contribution in [0.2, 0.25) is 0 Å². The number of hydrogen-bond donors (Lipinski definition) is 4. The largest absolute Gasteiger partial charge is 0.492 e. The molecule has 1 aliphatic heterocycles. The van der Waals surface area contributed by atoms with Crippen molar-refractivity contribution in [2.45, 2.75) is 96.2 Å². The van der Waals surface area contributed by atoms with Gasteiger partial charge in [0.05, 0.1) is 11.1 Å². The van der Waals surface area contributed by atoms with E-state index in [9.17, 15) is 0 Å². The smallest absolute Gasteiger partial charge is 0.233 e. The number of benzene rings is 1. The summed E-state index contributed by atoms with van der Waals surface area (Å²) in [7, 11) is 0. The second-order valence-corrected chi connectivity index (χ2v) is 10.5. The van der Waals surface area contributed by atoms with Gasteiger partial charge in [-0.2, -0.15) is 15.0 Å². The second-order valence-electron chi connectivity index (χ2n) is 9.62. The van der Waals surface area contributed by atoms with Crippen molar-refractivity contribution in [3.8, 4) is 5.75 Å².